The summed E-state index contributed by atoms with van der Waals surface area (Å²) in [5.41, 5.74) is 1.16. The molecule has 0 aromatic carbocycles. The van der Waals surface area contributed by atoms with Crippen LogP contribution in [0.3, 0.4) is 0 Å². The lowest BCUT2D eigenvalue weighted by atomic mass is 10.2. The first-order valence-electron chi connectivity index (χ1n) is 9.75. The number of pyridine rings is 1. The molecule has 7 nitrogen and oxygen atoms in total. The van der Waals surface area contributed by atoms with Gasteiger partial charge in [-0.15, -0.1) is 0 Å². The third-order valence-corrected chi connectivity index (χ3v) is 4.73. The van der Waals surface area contributed by atoms with Crippen LogP contribution < -0.4 is 15.5 Å². The summed E-state index contributed by atoms with van der Waals surface area (Å²) >= 11 is 0. The van der Waals surface area contributed by atoms with E-state index in [1.165, 1.54) is 0 Å². The second-order valence-electron chi connectivity index (χ2n) is 6.57. The highest BCUT2D eigenvalue weighted by Crippen LogP contribution is 2.15. The monoisotopic (exact) mass is 370 g/mol. The Hall–Kier alpha value is -2.54. The first-order chi connectivity index (χ1) is 13.3. The Balaban J connectivity index is 1.59. The number of likely N-dealkylation sites (N-methyl/N-ethyl adjacent to an activating group) is 1. The van der Waals surface area contributed by atoms with Crippen LogP contribution in [-0.4, -0.2) is 55.1 Å². The van der Waals surface area contributed by atoms with Crippen LogP contribution in [0, 0.1) is 0 Å². The van der Waals surface area contributed by atoms with Crippen LogP contribution in [0.5, 0.6) is 0 Å². The lowest BCUT2D eigenvalue weighted by Crippen LogP contribution is -2.46. The van der Waals surface area contributed by atoms with Crippen molar-refractivity contribution in [1.82, 2.24) is 20.5 Å². The number of furan rings is 1. The summed E-state index contributed by atoms with van der Waals surface area (Å²) in [4.78, 5) is 14.1. The summed E-state index contributed by atoms with van der Waals surface area (Å²) < 4.78 is 5.36. The molecule has 27 heavy (non-hydrogen) atoms. The summed E-state index contributed by atoms with van der Waals surface area (Å²) in [5, 5.41) is 6.57. The van der Waals surface area contributed by atoms with Crippen LogP contribution in [0.2, 0.25) is 0 Å². The quantitative estimate of drug-likeness (QED) is 0.574. The summed E-state index contributed by atoms with van der Waals surface area (Å²) in [6.45, 7) is 11.7. The number of anilines is 1. The van der Waals surface area contributed by atoms with Crippen molar-refractivity contribution < 1.29 is 4.42 Å². The van der Waals surface area contributed by atoms with Crippen molar-refractivity contribution in [2.75, 3.05) is 44.2 Å². The third-order valence-electron chi connectivity index (χ3n) is 4.73. The van der Waals surface area contributed by atoms with Crippen molar-refractivity contribution in [2.45, 2.75) is 26.9 Å². The van der Waals surface area contributed by atoms with E-state index in [1.54, 1.807) is 6.26 Å². The average molecular weight is 371 g/mol. The van der Waals surface area contributed by atoms with Gasteiger partial charge in [-0.25, -0.2) is 9.98 Å². The highest BCUT2D eigenvalue weighted by Gasteiger charge is 2.16. The van der Waals surface area contributed by atoms with Gasteiger partial charge in [-0.2, -0.15) is 0 Å². The fourth-order valence-electron chi connectivity index (χ4n) is 3.12. The molecular formula is C20H30N6O. The molecule has 146 valence electrons. The molecule has 2 aromatic heterocycles. The molecule has 0 aliphatic carbocycles. The van der Waals surface area contributed by atoms with E-state index in [0.29, 0.717) is 13.1 Å². The number of piperazine rings is 1. The van der Waals surface area contributed by atoms with E-state index in [1.807, 2.05) is 24.4 Å². The second kappa shape index (κ2) is 9.97. The van der Waals surface area contributed by atoms with Crippen LogP contribution >= 0.6 is 0 Å². The van der Waals surface area contributed by atoms with E-state index in [2.05, 4.69) is 45.3 Å². The molecule has 0 radical (unpaired) electrons. The Labute approximate surface area is 161 Å². The molecular weight excluding hydrogens is 340 g/mol. The Kier molecular flexibility index (Phi) is 7.10. The second-order valence-corrected chi connectivity index (χ2v) is 6.57. The maximum absolute atomic E-state index is 5.36. The number of hydrogen-bond donors (Lipinski definition) is 2. The van der Waals surface area contributed by atoms with Gasteiger partial charge >= 0.3 is 0 Å². The minimum Gasteiger partial charge on any atom is -0.467 e. The predicted octanol–water partition coefficient (Wildman–Crippen LogP) is 2.07. The molecule has 7 heteroatoms. The predicted molar refractivity (Wildman–Crippen MR) is 109 cm³/mol. The number of nitrogens with one attached hydrogen (secondary N) is 2. The van der Waals surface area contributed by atoms with Gasteiger partial charge in [0, 0.05) is 38.9 Å². The fourth-order valence-corrected chi connectivity index (χ4v) is 3.12. The van der Waals surface area contributed by atoms with Crippen LogP contribution in [0.1, 0.15) is 25.2 Å². The molecule has 0 saturated carbocycles. The van der Waals surface area contributed by atoms with E-state index in [0.717, 1.165) is 62.4 Å². The van der Waals surface area contributed by atoms with E-state index < -0.39 is 0 Å². The normalized spacial score (nSPS) is 15.8. The van der Waals surface area contributed by atoms with Gasteiger partial charge in [-0.05, 0) is 43.3 Å². The molecule has 1 aliphatic rings. The number of guanidine groups is 1. The minimum atomic E-state index is 0.609. The summed E-state index contributed by atoms with van der Waals surface area (Å²) in [5.74, 6) is 2.72. The molecule has 1 saturated heterocycles. The highest BCUT2D eigenvalue weighted by molar-refractivity contribution is 5.79. The van der Waals surface area contributed by atoms with Gasteiger partial charge in [0.2, 0.25) is 0 Å². The van der Waals surface area contributed by atoms with Gasteiger partial charge < -0.3 is 24.9 Å². The molecule has 2 aromatic rings. The molecule has 0 spiro atoms. The number of aliphatic imine (C=N–C) groups is 1. The molecule has 2 N–H and O–H groups in total. The van der Waals surface area contributed by atoms with Gasteiger partial charge in [0.15, 0.2) is 5.96 Å². The first-order valence-corrected chi connectivity index (χ1v) is 9.75. The average Bonchev–Trinajstić information content (AvgIpc) is 3.24. The summed E-state index contributed by atoms with van der Waals surface area (Å²) in [6, 6.07) is 8.02. The van der Waals surface area contributed by atoms with Crippen molar-refractivity contribution in [2.24, 2.45) is 4.99 Å². The fraction of sp³-hybridized carbons (Fsp3) is 0.500. The molecule has 0 atom stereocenters. The maximum Gasteiger partial charge on any atom is 0.191 e. The highest BCUT2D eigenvalue weighted by atomic mass is 16.3. The van der Waals surface area contributed by atoms with Crippen molar-refractivity contribution >= 4 is 11.8 Å². The van der Waals surface area contributed by atoms with Crippen molar-refractivity contribution in [3.63, 3.8) is 0 Å². The smallest absolute Gasteiger partial charge is 0.191 e. The van der Waals surface area contributed by atoms with Crippen LogP contribution in [0.25, 0.3) is 0 Å². The number of rotatable bonds is 7. The third kappa shape index (κ3) is 5.72. The van der Waals surface area contributed by atoms with Crippen molar-refractivity contribution in [3.05, 3.63) is 48.0 Å². The van der Waals surface area contributed by atoms with Gasteiger partial charge in [-0.1, -0.05) is 6.92 Å². The Bertz CT molecular complexity index is 707. The first kappa shape index (κ1) is 19.2. The van der Waals surface area contributed by atoms with E-state index in [9.17, 15) is 0 Å². The largest absolute Gasteiger partial charge is 0.467 e. The zero-order chi connectivity index (χ0) is 18.9. The molecule has 1 aliphatic heterocycles. The molecule has 3 heterocycles. The summed E-state index contributed by atoms with van der Waals surface area (Å²) in [6.07, 6.45) is 3.56. The van der Waals surface area contributed by atoms with Crippen LogP contribution in [0.4, 0.5) is 5.82 Å². The molecule has 0 amide bonds. The molecule has 0 bridgehead atoms. The van der Waals surface area contributed by atoms with E-state index >= 15 is 0 Å². The number of aromatic nitrogens is 1. The van der Waals surface area contributed by atoms with Gasteiger partial charge in [0.1, 0.15) is 11.6 Å². The van der Waals surface area contributed by atoms with Crippen LogP contribution in [0.15, 0.2) is 46.1 Å². The Morgan fingerprint density at radius 2 is 2.04 bits per heavy atom. The Morgan fingerprint density at radius 1 is 1.19 bits per heavy atom. The topological polar surface area (TPSA) is 68.9 Å². The number of hydrogen-bond acceptors (Lipinski definition) is 5. The van der Waals surface area contributed by atoms with E-state index in [-0.39, 0.29) is 0 Å². The number of nitrogens with zero attached hydrogens (tertiary/aromatic N) is 4. The standard InChI is InChI=1S/C20H30N6O/c1-3-21-20(24-16-18-6-5-13-27-18)23-15-17-7-8-22-19(14-17)26-11-9-25(4-2)10-12-26/h5-8,13-14H,3-4,9-12,15-16H2,1-2H3,(H2,21,23,24). The van der Waals surface area contributed by atoms with Crippen molar-refractivity contribution in [3.8, 4) is 0 Å². The summed E-state index contributed by atoms with van der Waals surface area (Å²) in [7, 11) is 0. The van der Waals surface area contributed by atoms with Gasteiger partial charge in [0.05, 0.1) is 19.4 Å². The van der Waals surface area contributed by atoms with E-state index in [4.69, 9.17) is 9.41 Å². The van der Waals surface area contributed by atoms with Crippen LogP contribution in [-0.2, 0) is 13.1 Å². The lowest BCUT2D eigenvalue weighted by Gasteiger charge is -2.34. The lowest BCUT2D eigenvalue weighted by molar-refractivity contribution is 0.270. The Morgan fingerprint density at radius 3 is 2.74 bits per heavy atom. The minimum absolute atomic E-state index is 0.609. The zero-order valence-corrected chi connectivity index (χ0v) is 16.3. The molecule has 1 fully saturated rings. The zero-order valence-electron chi connectivity index (χ0n) is 16.3. The molecule has 0 unspecified atom stereocenters. The SMILES string of the molecule is CCNC(=NCc1ccnc(N2CCN(CC)CC2)c1)NCc1ccco1. The van der Waals surface area contributed by atoms with Gasteiger partial charge in [-0.3, -0.25) is 0 Å². The van der Waals surface area contributed by atoms with Crippen molar-refractivity contribution in [1.29, 1.82) is 0 Å². The maximum atomic E-state index is 5.36. The molecule has 3 rings (SSSR count). The van der Waals surface area contributed by atoms with Gasteiger partial charge in [0.25, 0.3) is 0 Å².